The van der Waals surface area contributed by atoms with E-state index in [2.05, 4.69) is 34.0 Å². The highest BCUT2D eigenvalue weighted by Gasteiger charge is 2.05. The number of unbranched alkanes of at least 4 members (excludes halogenated alkanes) is 3. The number of alkyl halides is 1. The highest BCUT2D eigenvalue weighted by Crippen LogP contribution is 2.09. The maximum Gasteiger partial charge on any atom is 0.251 e. The molecule has 1 rings (SSSR count). The third kappa shape index (κ3) is 5.85. The lowest BCUT2D eigenvalue weighted by atomic mass is 10.1. The van der Waals surface area contributed by atoms with Crippen LogP contribution in [0.1, 0.15) is 47.2 Å². The topological polar surface area (TPSA) is 29.1 Å². The number of benzene rings is 1. The monoisotopic (exact) mass is 359 g/mol. The molecule has 0 spiro atoms. The van der Waals surface area contributed by atoms with Crippen LogP contribution in [0.5, 0.6) is 0 Å². The predicted octanol–water partition coefficient (Wildman–Crippen LogP) is 4.03. The lowest BCUT2D eigenvalue weighted by Gasteiger charge is -2.07. The van der Waals surface area contributed by atoms with Crippen molar-refractivity contribution in [2.24, 2.45) is 0 Å². The van der Waals surface area contributed by atoms with E-state index in [9.17, 15) is 4.79 Å². The first-order valence-corrected chi connectivity index (χ1v) is 8.08. The van der Waals surface area contributed by atoms with Crippen molar-refractivity contribution in [3.8, 4) is 0 Å². The van der Waals surface area contributed by atoms with E-state index >= 15 is 0 Å². The van der Waals surface area contributed by atoms with Crippen molar-refractivity contribution >= 4 is 28.5 Å². The van der Waals surface area contributed by atoms with Gasteiger partial charge in [0.1, 0.15) is 0 Å². The molecule has 1 aromatic rings. The van der Waals surface area contributed by atoms with E-state index in [1.54, 1.807) is 0 Å². The van der Waals surface area contributed by atoms with Gasteiger partial charge in [-0.3, -0.25) is 4.79 Å². The van der Waals surface area contributed by atoms with Gasteiger partial charge in [0, 0.05) is 12.1 Å². The van der Waals surface area contributed by atoms with Crippen LogP contribution in [-0.4, -0.2) is 16.9 Å². The van der Waals surface area contributed by atoms with Gasteiger partial charge in [-0.15, -0.1) is 0 Å². The number of amides is 1. The molecule has 0 unspecified atom stereocenters. The van der Waals surface area contributed by atoms with Crippen molar-refractivity contribution in [3.63, 3.8) is 0 Å². The Kier molecular flexibility index (Phi) is 7.32. The van der Waals surface area contributed by atoms with Crippen LogP contribution in [0.4, 0.5) is 0 Å². The van der Waals surface area contributed by atoms with Gasteiger partial charge in [0.05, 0.1) is 0 Å². The Bertz CT molecular complexity index is 370. The van der Waals surface area contributed by atoms with E-state index in [1.165, 1.54) is 23.7 Å². The standard InChI is InChI=1S/C15H22INO/c1-12-9-13(2)11-14(10-12)15(18)17-8-6-4-3-5-7-16/h9-11H,3-8H2,1-2H3,(H,17,18). The molecule has 0 atom stereocenters. The molecule has 0 radical (unpaired) electrons. The molecule has 18 heavy (non-hydrogen) atoms. The molecular formula is C15H22INO. The maximum atomic E-state index is 11.9. The smallest absolute Gasteiger partial charge is 0.251 e. The van der Waals surface area contributed by atoms with Gasteiger partial charge in [0.25, 0.3) is 5.91 Å². The van der Waals surface area contributed by atoms with E-state index in [0.29, 0.717) is 0 Å². The first kappa shape index (κ1) is 15.5. The van der Waals surface area contributed by atoms with Gasteiger partial charge in [-0.05, 0) is 43.2 Å². The van der Waals surface area contributed by atoms with Gasteiger partial charge in [0.15, 0.2) is 0 Å². The molecule has 0 heterocycles. The average Bonchev–Trinajstić information content (AvgIpc) is 2.32. The summed E-state index contributed by atoms with van der Waals surface area (Å²) in [6.07, 6.45) is 4.83. The number of nitrogens with one attached hydrogen (secondary N) is 1. The summed E-state index contributed by atoms with van der Waals surface area (Å²) >= 11 is 2.40. The van der Waals surface area contributed by atoms with Crippen LogP contribution in [-0.2, 0) is 0 Å². The summed E-state index contributed by atoms with van der Waals surface area (Å²) in [5.74, 6) is 0.0516. The predicted molar refractivity (Wildman–Crippen MR) is 85.6 cm³/mol. The molecule has 0 aliphatic rings. The van der Waals surface area contributed by atoms with E-state index in [4.69, 9.17) is 0 Å². The number of hydrogen-bond acceptors (Lipinski definition) is 1. The van der Waals surface area contributed by atoms with Crippen LogP contribution >= 0.6 is 22.6 Å². The Balaban J connectivity index is 2.32. The zero-order valence-corrected chi connectivity index (χ0v) is 13.4. The van der Waals surface area contributed by atoms with Crippen LogP contribution in [0.3, 0.4) is 0 Å². The summed E-state index contributed by atoms with van der Waals surface area (Å²) in [5, 5.41) is 2.99. The lowest BCUT2D eigenvalue weighted by Crippen LogP contribution is -2.24. The molecule has 0 aliphatic carbocycles. The van der Waals surface area contributed by atoms with Gasteiger partial charge < -0.3 is 5.32 Å². The van der Waals surface area contributed by atoms with Gasteiger partial charge in [0.2, 0.25) is 0 Å². The summed E-state index contributed by atoms with van der Waals surface area (Å²) < 4.78 is 1.23. The van der Waals surface area contributed by atoms with E-state index in [-0.39, 0.29) is 5.91 Å². The van der Waals surface area contributed by atoms with Crippen LogP contribution < -0.4 is 5.32 Å². The number of hydrogen-bond donors (Lipinski definition) is 1. The highest BCUT2D eigenvalue weighted by atomic mass is 127. The van der Waals surface area contributed by atoms with Crippen molar-refractivity contribution in [2.45, 2.75) is 39.5 Å². The molecule has 1 aromatic carbocycles. The minimum absolute atomic E-state index is 0.0516. The van der Waals surface area contributed by atoms with Crippen LogP contribution in [0.2, 0.25) is 0 Å². The second-order valence-electron chi connectivity index (χ2n) is 4.74. The van der Waals surface area contributed by atoms with Gasteiger partial charge >= 0.3 is 0 Å². The first-order chi connectivity index (χ1) is 8.63. The van der Waals surface area contributed by atoms with Crippen molar-refractivity contribution in [3.05, 3.63) is 34.9 Å². The Morgan fingerprint density at radius 2 is 1.67 bits per heavy atom. The molecule has 3 heteroatoms. The maximum absolute atomic E-state index is 11.9. The largest absolute Gasteiger partial charge is 0.352 e. The van der Waals surface area contributed by atoms with Crippen LogP contribution in [0.15, 0.2) is 18.2 Å². The summed E-state index contributed by atoms with van der Waals surface area (Å²) in [6, 6.07) is 5.97. The van der Waals surface area contributed by atoms with E-state index < -0.39 is 0 Å². The van der Waals surface area contributed by atoms with E-state index in [0.717, 1.165) is 29.7 Å². The quantitative estimate of drug-likeness (QED) is 0.445. The fraction of sp³-hybridized carbons (Fsp3) is 0.533. The summed E-state index contributed by atoms with van der Waals surface area (Å²) in [6.45, 7) is 4.83. The van der Waals surface area contributed by atoms with Crippen LogP contribution in [0, 0.1) is 13.8 Å². The summed E-state index contributed by atoms with van der Waals surface area (Å²) in [5.41, 5.74) is 3.06. The molecule has 1 N–H and O–H groups in total. The molecule has 0 saturated heterocycles. The van der Waals surface area contributed by atoms with Gasteiger partial charge in [-0.2, -0.15) is 0 Å². The minimum atomic E-state index is 0.0516. The number of halogens is 1. The normalized spacial score (nSPS) is 10.4. The number of carbonyl (C=O) groups excluding carboxylic acids is 1. The number of aryl methyl sites for hydroxylation is 2. The van der Waals surface area contributed by atoms with Crippen molar-refractivity contribution in [2.75, 3.05) is 11.0 Å². The molecule has 2 nitrogen and oxygen atoms in total. The SMILES string of the molecule is Cc1cc(C)cc(C(=O)NCCCCCCI)c1. The number of carbonyl (C=O) groups is 1. The second kappa shape index (κ2) is 8.51. The highest BCUT2D eigenvalue weighted by molar-refractivity contribution is 14.1. The Labute approximate surface area is 124 Å². The molecule has 0 aliphatic heterocycles. The molecule has 0 aromatic heterocycles. The Hall–Kier alpha value is -0.580. The minimum Gasteiger partial charge on any atom is -0.352 e. The zero-order valence-electron chi connectivity index (χ0n) is 11.3. The second-order valence-corrected chi connectivity index (χ2v) is 5.81. The average molecular weight is 359 g/mol. The van der Waals surface area contributed by atoms with Crippen molar-refractivity contribution in [1.29, 1.82) is 0 Å². The number of rotatable bonds is 7. The Morgan fingerprint density at radius 1 is 1.06 bits per heavy atom. The molecule has 0 bridgehead atoms. The zero-order chi connectivity index (χ0) is 13.4. The fourth-order valence-electron chi connectivity index (χ4n) is 1.98. The van der Waals surface area contributed by atoms with Gasteiger partial charge in [-0.25, -0.2) is 0 Å². The summed E-state index contributed by atoms with van der Waals surface area (Å²) in [4.78, 5) is 11.9. The molecule has 1 amide bonds. The molecule has 100 valence electrons. The van der Waals surface area contributed by atoms with Crippen molar-refractivity contribution < 1.29 is 4.79 Å². The summed E-state index contributed by atoms with van der Waals surface area (Å²) in [7, 11) is 0. The molecular weight excluding hydrogens is 337 g/mol. The molecule has 0 fully saturated rings. The van der Waals surface area contributed by atoms with Crippen molar-refractivity contribution in [1.82, 2.24) is 5.32 Å². The van der Waals surface area contributed by atoms with E-state index in [1.807, 2.05) is 26.0 Å². The first-order valence-electron chi connectivity index (χ1n) is 6.56. The third-order valence-electron chi connectivity index (χ3n) is 2.83. The molecule has 0 saturated carbocycles. The lowest BCUT2D eigenvalue weighted by molar-refractivity contribution is 0.0953. The third-order valence-corrected chi connectivity index (χ3v) is 3.59. The van der Waals surface area contributed by atoms with Crippen LogP contribution in [0.25, 0.3) is 0 Å². The van der Waals surface area contributed by atoms with Gasteiger partial charge in [-0.1, -0.05) is 52.6 Å². The fourth-order valence-corrected chi connectivity index (χ4v) is 2.52. The Morgan fingerprint density at radius 3 is 2.28 bits per heavy atom.